The number of hydrogen-bond acceptors (Lipinski definition) is 2. The lowest BCUT2D eigenvalue weighted by Crippen LogP contribution is -2.33. The number of aromatic nitrogens is 2. The van der Waals surface area contributed by atoms with Gasteiger partial charge >= 0.3 is 0 Å². The summed E-state index contributed by atoms with van der Waals surface area (Å²) in [5.74, 6) is 0.770. The molecule has 1 fully saturated rings. The van der Waals surface area contributed by atoms with Gasteiger partial charge in [0.25, 0.3) is 0 Å². The molecule has 4 heteroatoms. The Balaban J connectivity index is 1.72. The molecule has 0 saturated heterocycles. The molecule has 0 bridgehead atoms. The summed E-state index contributed by atoms with van der Waals surface area (Å²) in [4.78, 5) is 14.8. The SMILES string of the molecule is Cc1nn(C)c(C)c1CN(C(=O)C[C@@H]1C=CCC1)C1CC1. The Kier molecular flexibility index (Phi) is 3.87. The predicted octanol–water partition coefficient (Wildman–Crippen LogP) is 2.88. The zero-order valence-corrected chi connectivity index (χ0v) is 13.3. The summed E-state index contributed by atoms with van der Waals surface area (Å²) in [5, 5.41) is 4.47. The molecule has 1 heterocycles. The van der Waals surface area contributed by atoms with Gasteiger partial charge in [0, 0.05) is 37.3 Å². The third-order valence-electron chi connectivity index (χ3n) is 4.84. The van der Waals surface area contributed by atoms with E-state index in [0.29, 0.717) is 24.3 Å². The van der Waals surface area contributed by atoms with Crippen molar-refractivity contribution in [1.29, 1.82) is 0 Å². The summed E-state index contributed by atoms with van der Waals surface area (Å²) in [6.07, 6.45) is 9.66. The van der Waals surface area contributed by atoms with Crippen LogP contribution in [-0.2, 0) is 18.4 Å². The molecule has 1 amide bonds. The first-order chi connectivity index (χ1) is 10.1. The van der Waals surface area contributed by atoms with Crippen molar-refractivity contribution in [2.45, 2.75) is 58.5 Å². The van der Waals surface area contributed by atoms with Crippen LogP contribution in [0.1, 0.15) is 49.1 Å². The van der Waals surface area contributed by atoms with Crippen LogP contribution in [-0.4, -0.2) is 26.6 Å². The van der Waals surface area contributed by atoms with Crippen molar-refractivity contribution >= 4 is 5.91 Å². The van der Waals surface area contributed by atoms with E-state index in [1.807, 2.05) is 18.7 Å². The number of rotatable bonds is 5. The van der Waals surface area contributed by atoms with Crippen molar-refractivity contribution in [2.75, 3.05) is 0 Å². The Morgan fingerprint density at radius 2 is 2.14 bits per heavy atom. The van der Waals surface area contributed by atoms with Crippen LogP contribution in [0.5, 0.6) is 0 Å². The second-order valence-electron chi connectivity index (χ2n) is 6.50. The molecule has 1 aromatic rings. The van der Waals surface area contributed by atoms with Gasteiger partial charge < -0.3 is 4.90 Å². The summed E-state index contributed by atoms with van der Waals surface area (Å²) in [5.41, 5.74) is 3.45. The molecule has 4 nitrogen and oxygen atoms in total. The molecule has 0 N–H and O–H groups in total. The van der Waals surface area contributed by atoms with Crippen molar-refractivity contribution in [3.05, 3.63) is 29.1 Å². The van der Waals surface area contributed by atoms with E-state index in [9.17, 15) is 4.79 Å². The van der Waals surface area contributed by atoms with Gasteiger partial charge in [-0.1, -0.05) is 12.2 Å². The predicted molar refractivity (Wildman–Crippen MR) is 82.7 cm³/mol. The van der Waals surface area contributed by atoms with E-state index in [1.165, 1.54) is 11.3 Å². The Morgan fingerprint density at radius 3 is 2.67 bits per heavy atom. The number of hydrogen-bond donors (Lipinski definition) is 0. The maximum atomic E-state index is 12.7. The van der Waals surface area contributed by atoms with Crippen LogP contribution in [0, 0.1) is 19.8 Å². The van der Waals surface area contributed by atoms with Crippen molar-refractivity contribution in [2.24, 2.45) is 13.0 Å². The average molecular weight is 287 g/mol. The van der Waals surface area contributed by atoms with Gasteiger partial charge in [0.05, 0.1) is 5.69 Å². The molecule has 0 radical (unpaired) electrons. The molecule has 0 aliphatic heterocycles. The number of carbonyl (C=O) groups is 1. The molecule has 21 heavy (non-hydrogen) atoms. The normalized spacial score (nSPS) is 21.0. The lowest BCUT2D eigenvalue weighted by molar-refractivity contribution is -0.133. The molecule has 3 rings (SSSR count). The molecular formula is C17H25N3O. The summed E-state index contributed by atoms with van der Waals surface area (Å²) in [6, 6.07) is 0.460. The van der Waals surface area contributed by atoms with Gasteiger partial charge in [-0.25, -0.2) is 0 Å². The number of allylic oxidation sites excluding steroid dienone is 2. The van der Waals surface area contributed by atoms with Crippen LogP contribution < -0.4 is 0 Å². The Morgan fingerprint density at radius 1 is 1.38 bits per heavy atom. The van der Waals surface area contributed by atoms with E-state index >= 15 is 0 Å². The summed E-state index contributed by atoms with van der Waals surface area (Å²) >= 11 is 0. The smallest absolute Gasteiger partial charge is 0.223 e. The third-order valence-corrected chi connectivity index (χ3v) is 4.84. The van der Waals surface area contributed by atoms with Crippen molar-refractivity contribution in [3.8, 4) is 0 Å². The standard InChI is InChI=1S/C17H25N3O/c1-12-16(13(2)19(3)18-12)11-20(15-8-9-15)17(21)10-14-6-4-5-7-14/h4,6,14-15H,5,7-11H2,1-3H3/t14-/m1/s1. The third kappa shape index (κ3) is 3.04. The lowest BCUT2D eigenvalue weighted by Gasteiger charge is -2.24. The Bertz CT molecular complexity index is 569. The minimum Gasteiger partial charge on any atom is -0.335 e. The van der Waals surface area contributed by atoms with Crippen LogP contribution >= 0.6 is 0 Å². The molecule has 2 aliphatic rings. The first-order valence-corrected chi connectivity index (χ1v) is 8.01. The molecule has 0 unspecified atom stereocenters. The van der Waals surface area contributed by atoms with E-state index in [2.05, 4.69) is 29.1 Å². The quantitative estimate of drug-likeness (QED) is 0.781. The number of nitrogens with zero attached hydrogens (tertiary/aromatic N) is 3. The van der Waals surface area contributed by atoms with E-state index < -0.39 is 0 Å². The van der Waals surface area contributed by atoms with Gasteiger partial charge in [-0.2, -0.15) is 5.10 Å². The van der Waals surface area contributed by atoms with Gasteiger partial charge in [0.1, 0.15) is 0 Å². The van der Waals surface area contributed by atoms with Crippen LogP contribution in [0.25, 0.3) is 0 Å². The zero-order valence-electron chi connectivity index (χ0n) is 13.3. The first kappa shape index (κ1) is 14.4. The summed E-state index contributed by atoms with van der Waals surface area (Å²) in [6.45, 7) is 4.85. The Hall–Kier alpha value is -1.58. The van der Waals surface area contributed by atoms with Crippen molar-refractivity contribution in [3.63, 3.8) is 0 Å². The van der Waals surface area contributed by atoms with Crippen LogP contribution in [0.15, 0.2) is 12.2 Å². The fourth-order valence-electron chi connectivity index (χ4n) is 3.23. The second kappa shape index (κ2) is 5.66. The van der Waals surface area contributed by atoms with E-state index in [1.54, 1.807) is 0 Å². The molecule has 0 spiro atoms. The highest BCUT2D eigenvalue weighted by atomic mass is 16.2. The molecule has 1 atom stereocenters. The first-order valence-electron chi connectivity index (χ1n) is 8.01. The van der Waals surface area contributed by atoms with Gasteiger partial charge in [-0.3, -0.25) is 9.48 Å². The highest BCUT2D eigenvalue weighted by Crippen LogP contribution is 2.31. The highest BCUT2D eigenvalue weighted by molar-refractivity contribution is 5.77. The van der Waals surface area contributed by atoms with Crippen LogP contribution in [0.4, 0.5) is 0 Å². The fourth-order valence-corrected chi connectivity index (χ4v) is 3.23. The molecular weight excluding hydrogens is 262 g/mol. The molecule has 0 aromatic carbocycles. The Labute approximate surface area is 126 Å². The summed E-state index contributed by atoms with van der Waals surface area (Å²) < 4.78 is 1.92. The number of carbonyl (C=O) groups excluding carboxylic acids is 1. The lowest BCUT2D eigenvalue weighted by atomic mass is 10.0. The van der Waals surface area contributed by atoms with Crippen molar-refractivity contribution in [1.82, 2.24) is 14.7 Å². The van der Waals surface area contributed by atoms with Gasteiger partial charge in [0.2, 0.25) is 5.91 Å². The second-order valence-corrected chi connectivity index (χ2v) is 6.50. The maximum absolute atomic E-state index is 12.7. The minimum absolute atomic E-state index is 0.316. The van der Waals surface area contributed by atoms with Crippen LogP contribution in [0.3, 0.4) is 0 Å². The number of aryl methyl sites for hydroxylation is 2. The topological polar surface area (TPSA) is 38.1 Å². The number of amides is 1. The summed E-state index contributed by atoms with van der Waals surface area (Å²) in [7, 11) is 1.97. The molecule has 1 saturated carbocycles. The van der Waals surface area contributed by atoms with Crippen LogP contribution in [0.2, 0.25) is 0 Å². The van der Waals surface area contributed by atoms with Gasteiger partial charge in [-0.05, 0) is 45.4 Å². The highest BCUT2D eigenvalue weighted by Gasteiger charge is 2.34. The largest absolute Gasteiger partial charge is 0.335 e. The van der Waals surface area contributed by atoms with E-state index in [4.69, 9.17) is 0 Å². The molecule has 1 aromatic heterocycles. The molecule has 114 valence electrons. The van der Waals surface area contributed by atoms with Crippen molar-refractivity contribution < 1.29 is 4.79 Å². The average Bonchev–Trinajstić information content (AvgIpc) is 3.09. The monoisotopic (exact) mass is 287 g/mol. The van der Waals surface area contributed by atoms with E-state index in [0.717, 1.165) is 37.9 Å². The fraction of sp³-hybridized carbons (Fsp3) is 0.647. The minimum atomic E-state index is 0.316. The van der Waals surface area contributed by atoms with Gasteiger partial charge in [-0.15, -0.1) is 0 Å². The van der Waals surface area contributed by atoms with E-state index in [-0.39, 0.29) is 0 Å². The molecule has 2 aliphatic carbocycles. The zero-order chi connectivity index (χ0) is 15.0. The maximum Gasteiger partial charge on any atom is 0.223 e. The van der Waals surface area contributed by atoms with Gasteiger partial charge in [0.15, 0.2) is 0 Å².